The van der Waals surface area contributed by atoms with Gasteiger partial charge in [-0.3, -0.25) is 9.89 Å². The van der Waals surface area contributed by atoms with E-state index in [0.29, 0.717) is 23.7 Å². The van der Waals surface area contributed by atoms with Crippen molar-refractivity contribution >= 4 is 27.5 Å². The van der Waals surface area contributed by atoms with Crippen LogP contribution in [0.5, 0.6) is 5.75 Å². The van der Waals surface area contributed by atoms with E-state index < -0.39 is 0 Å². The molecule has 0 radical (unpaired) electrons. The fourth-order valence-electron chi connectivity index (χ4n) is 2.74. The lowest BCUT2D eigenvalue weighted by Gasteiger charge is -2.21. The normalized spacial score (nSPS) is 10.3. The lowest BCUT2D eigenvalue weighted by molar-refractivity contribution is 0.0982. The van der Waals surface area contributed by atoms with Gasteiger partial charge >= 0.3 is 0 Å². The molecule has 0 aliphatic heterocycles. The van der Waals surface area contributed by atoms with Crippen molar-refractivity contribution in [1.29, 1.82) is 5.26 Å². The summed E-state index contributed by atoms with van der Waals surface area (Å²) in [6.07, 6.45) is 0.229. The van der Waals surface area contributed by atoms with Crippen molar-refractivity contribution in [2.45, 2.75) is 13.3 Å². The highest BCUT2D eigenvalue weighted by Gasteiger charge is 2.20. The molecular weight excluding hydrogens is 420 g/mol. The number of benzene rings is 2. The number of carbonyl (C=O) groups is 1. The zero-order valence-electron chi connectivity index (χ0n) is 15.4. The van der Waals surface area contributed by atoms with Crippen molar-refractivity contribution in [3.8, 4) is 23.1 Å². The summed E-state index contributed by atoms with van der Waals surface area (Å²) in [7, 11) is 0. The minimum Gasteiger partial charge on any atom is -0.494 e. The van der Waals surface area contributed by atoms with E-state index in [1.165, 1.54) is 0 Å². The molecule has 0 spiro atoms. The van der Waals surface area contributed by atoms with Crippen LogP contribution in [0, 0.1) is 11.3 Å². The number of hydrogen-bond donors (Lipinski definition) is 1. The molecule has 0 saturated carbocycles. The molecule has 1 N–H and O–H groups in total. The smallest absolute Gasteiger partial charge is 0.276 e. The first-order valence-electron chi connectivity index (χ1n) is 8.85. The Hall–Kier alpha value is -3.11. The molecule has 1 aromatic heterocycles. The minimum atomic E-state index is -0.240. The maximum Gasteiger partial charge on any atom is 0.276 e. The molecule has 0 fully saturated rings. The van der Waals surface area contributed by atoms with E-state index in [1.54, 1.807) is 11.0 Å². The average Bonchev–Trinajstić information content (AvgIpc) is 3.20. The summed E-state index contributed by atoms with van der Waals surface area (Å²) < 4.78 is 6.43. The number of ether oxygens (including phenoxy) is 1. The van der Waals surface area contributed by atoms with Gasteiger partial charge in [-0.2, -0.15) is 10.4 Å². The third kappa shape index (κ3) is 4.59. The SMILES string of the molecule is CCOc1ccc(N(CCC#N)C(=O)c2cc(-c3ccc(Br)cc3)n[nH]2)cc1. The Morgan fingerprint density at radius 1 is 1.21 bits per heavy atom. The molecule has 3 rings (SSSR count). The van der Waals surface area contributed by atoms with E-state index in [-0.39, 0.29) is 18.9 Å². The van der Waals surface area contributed by atoms with Crippen molar-refractivity contribution in [2.24, 2.45) is 0 Å². The Balaban J connectivity index is 1.85. The summed E-state index contributed by atoms with van der Waals surface area (Å²) >= 11 is 3.41. The van der Waals surface area contributed by atoms with Crippen LogP contribution in [0.2, 0.25) is 0 Å². The fraction of sp³-hybridized carbons (Fsp3) is 0.190. The number of aromatic amines is 1. The van der Waals surface area contributed by atoms with Crippen LogP contribution in [0.4, 0.5) is 5.69 Å². The highest BCUT2D eigenvalue weighted by molar-refractivity contribution is 9.10. The van der Waals surface area contributed by atoms with Gasteiger partial charge in [0.1, 0.15) is 11.4 Å². The van der Waals surface area contributed by atoms with Gasteiger partial charge in [0.15, 0.2) is 0 Å². The molecular formula is C21H19BrN4O2. The van der Waals surface area contributed by atoms with Crippen molar-refractivity contribution < 1.29 is 9.53 Å². The Kier molecular flexibility index (Phi) is 6.45. The van der Waals surface area contributed by atoms with Crippen molar-refractivity contribution in [1.82, 2.24) is 10.2 Å². The molecule has 3 aromatic rings. The largest absolute Gasteiger partial charge is 0.494 e. The van der Waals surface area contributed by atoms with Crippen molar-refractivity contribution in [3.05, 3.63) is 64.8 Å². The number of hydrogen-bond acceptors (Lipinski definition) is 4. The summed E-state index contributed by atoms with van der Waals surface area (Å²) in [4.78, 5) is 14.6. The number of nitriles is 1. The van der Waals surface area contributed by atoms with Gasteiger partial charge in [0.2, 0.25) is 0 Å². The first-order valence-corrected chi connectivity index (χ1v) is 9.64. The second-order valence-electron chi connectivity index (χ2n) is 5.97. The number of anilines is 1. The highest BCUT2D eigenvalue weighted by Crippen LogP contribution is 2.24. The fourth-order valence-corrected chi connectivity index (χ4v) is 3.01. The third-order valence-electron chi connectivity index (χ3n) is 4.10. The Labute approximate surface area is 171 Å². The molecule has 1 amide bonds. The van der Waals surface area contributed by atoms with Gasteiger partial charge in [0.25, 0.3) is 5.91 Å². The Morgan fingerprint density at radius 3 is 2.57 bits per heavy atom. The zero-order chi connectivity index (χ0) is 19.9. The summed E-state index contributed by atoms with van der Waals surface area (Å²) in [6.45, 7) is 2.78. The topological polar surface area (TPSA) is 82.0 Å². The molecule has 2 aromatic carbocycles. The average molecular weight is 439 g/mol. The van der Waals surface area contributed by atoms with Crippen LogP contribution in [0.15, 0.2) is 59.1 Å². The van der Waals surface area contributed by atoms with Crippen LogP contribution in [0.1, 0.15) is 23.8 Å². The molecule has 0 saturated heterocycles. The van der Waals surface area contributed by atoms with Gasteiger partial charge in [-0.1, -0.05) is 28.1 Å². The molecule has 7 heteroatoms. The first kappa shape index (κ1) is 19.6. The maximum atomic E-state index is 13.1. The monoisotopic (exact) mass is 438 g/mol. The van der Waals surface area contributed by atoms with Crippen LogP contribution in [0.3, 0.4) is 0 Å². The molecule has 0 aliphatic carbocycles. The summed E-state index contributed by atoms with van der Waals surface area (Å²) in [5.41, 5.74) is 2.65. The van der Waals surface area contributed by atoms with E-state index >= 15 is 0 Å². The van der Waals surface area contributed by atoms with Crippen LogP contribution in [-0.2, 0) is 0 Å². The van der Waals surface area contributed by atoms with Gasteiger partial charge in [0.05, 0.1) is 24.8 Å². The quantitative estimate of drug-likeness (QED) is 0.574. The number of nitrogens with zero attached hydrogens (tertiary/aromatic N) is 3. The Bertz CT molecular complexity index is 975. The second-order valence-corrected chi connectivity index (χ2v) is 6.88. The van der Waals surface area contributed by atoms with Gasteiger partial charge < -0.3 is 9.64 Å². The lowest BCUT2D eigenvalue weighted by Crippen LogP contribution is -2.32. The van der Waals surface area contributed by atoms with Crippen LogP contribution >= 0.6 is 15.9 Å². The molecule has 6 nitrogen and oxygen atoms in total. The van der Waals surface area contributed by atoms with Gasteiger partial charge in [-0.05, 0) is 49.4 Å². The first-order chi connectivity index (χ1) is 13.6. The molecule has 142 valence electrons. The number of H-pyrrole nitrogens is 1. The molecule has 0 atom stereocenters. The molecule has 0 aliphatic rings. The lowest BCUT2D eigenvalue weighted by atomic mass is 10.1. The number of rotatable bonds is 7. The summed E-state index contributed by atoms with van der Waals surface area (Å²) in [5.74, 6) is 0.494. The van der Waals surface area contributed by atoms with E-state index in [1.807, 2.05) is 55.5 Å². The van der Waals surface area contributed by atoms with Crippen LogP contribution in [0.25, 0.3) is 11.3 Å². The predicted molar refractivity (Wildman–Crippen MR) is 111 cm³/mol. The summed E-state index contributed by atoms with van der Waals surface area (Å²) in [5, 5.41) is 16.0. The number of amides is 1. The molecule has 1 heterocycles. The molecule has 0 unspecified atom stereocenters. The van der Waals surface area contributed by atoms with Gasteiger partial charge in [0, 0.05) is 22.3 Å². The van der Waals surface area contributed by atoms with Crippen LogP contribution in [-0.4, -0.2) is 29.3 Å². The Morgan fingerprint density at radius 2 is 1.93 bits per heavy atom. The summed E-state index contributed by atoms with van der Waals surface area (Å²) in [6, 6.07) is 18.8. The van der Waals surface area contributed by atoms with E-state index in [9.17, 15) is 4.79 Å². The number of aromatic nitrogens is 2. The number of carbonyl (C=O) groups excluding carboxylic acids is 1. The van der Waals surface area contributed by atoms with E-state index in [2.05, 4.69) is 32.2 Å². The van der Waals surface area contributed by atoms with Crippen molar-refractivity contribution in [2.75, 3.05) is 18.1 Å². The number of halogens is 1. The van der Waals surface area contributed by atoms with E-state index in [0.717, 1.165) is 15.8 Å². The van der Waals surface area contributed by atoms with E-state index in [4.69, 9.17) is 10.00 Å². The minimum absolute atomic E-state index is 0.229. The van der Waals surface area contributed by atoms with Crippen LogP contribution < -0.4 is 9.64 Å². The standard InChI is InChI=1S/C21H19BrN4O2/c1-2-28-18-10-8-17(9-11-18)26(13-3-12-23)21(27)20-14-19(24-25-20)15-4-6-16(22)7-5-15/h4-11,14H,2-3,13H2,1H3,(H,24,25). The molecule has 28 heavy (non-hydrogen) atoms. The van der Waals surface area contributed by atoms with Crippen molar-refractivity contribution in [3.63, 3.8) is 0 Å². The molecule has 0 bridgehead atoms. The third-order valence-corrected chi connectivity index (χ3v) is 4.63. The maximum absolute atomic E-state index is 13.1. The zero-order valence-corrected chi connectivity index (χ0v) is 16.9. The van der Waals surface area contributed by atoms with Gasteiger partial charge in [-0.15, -0.1) is 0 Å². The van der Waals surface area contributed by atoms with Gasteiger partial charge in [-0.25, -0.2) is 0 Å². The number of nitrogens with one attached hydrogen (secondary N) is 1. The highest BCUT2D eigenvalue weighted by atomic mass is 79.9. The second kappa shape index (κ2) is 9.20. The predicted octanol–water partition coefficient (Wildman–Crippen LogP) is 4.80.